The Morgan fingerprint density at radius 3 is 2.41 bits per heavy atom. The Bertz CT molecular complexity index is 1910. The number of benzene rings is 4. The molecule has 0 bridgehead atoms. The highest BCUT2D eigenvalue weighted by molar-refractivity contribution is 6.06. The van der Waals surface area contributed by atoms with Crippen molar-refractivity contribution < 1.29 is 4.42 Å². The molecule has 0 fully saturated rings. The number of anilines is 2. The van der Waals surface area contributed by atoms with Crippen molar-refractivity contribution in [3.63, 3.8) is 0 Å². The maximum absolute atomic E-state index is 6.28. The second-order valence-electron chi connectivity index (χ2n) is 9.78. The van der Waals surface area contributed by atoms with Gasteiger partial charge in [-0.25, -0.2) is 0 Å². The van der Waals surface area contributed by atoms with Crippen LogP contribution in [0.5, 0.6) is 0 Å². The van der Waals surface area contributed by atoms with Crippen LogP contribution in [0, 0.1) is 0 Å². The van der Waals surface area contributed by atoms with Gasteiger partial charge in [0, 0.05) is 35.6 Å². The first kappa shape index (κ1) is 20.4. The molecule has 176 valence electrons. The van der Waals surface area contributed by atoms with E-state index in [0.29, 0.717) is 0 Å². The van der Waals surface area contributed by atoms with E-state index in [9.17, 15) is 0 Å². The van der Waals surface area contributed by atoms with Crippen LogP contribution in [0.2, 0.25) is 0 Å². The molecule has 0 spiro atoms. The average Bonchev–Trinajstić information content (AvgIpc) is 3.48. The van der Waals surface area contributed by atoms with E-state index in [1.165, 1.54) is 33.0 Å². The Morgan fingerprint density at radius 2 is 1.51 bits per heavy atom. The number of rotatable bonds is 2. The van der Waals surface area contributed by atoms with Gasteiger partial charge in [-0.2, -0.15) is 0 Å². The van der Waals surface area contributed by atoms with Gasteiger partial charge < -0.3 is 9.32 Å². The van der Waals surface area contributed by atoms with Crippen LogP contribution in [-0.4, -0.2) is 18.2 Å². The molecule has 8 rings (SSSR count). The molecule has 2 aliphatic heterocycles. The largest absolute Gasteiger partial charge is 0.438 e. The summed E-state index contributed by atoms with van der Waals surface area (Å²) >= 11 is 0. The predicted molar refractivity (Wildman–Crippen MR) is 153 cm³/mol. The first-order chi connectivity index (χ1) is 18.2. The van der Waals surface area contributed by atoms with Crippen molar-refractivity contribution in [1.82, 2.24) is 4.98 Å². The van der Waals surface area contributed by atoms with Crippen molar-refractivity contribution in [3.05, 3.63) is 121 Å². The Labute approximate surface area is 214 Å². The Balaban J connectivity index is 1.15. The maximum atomic E-state index is 6.28. The standard InChI is InChI=1S/C33H23N3O/c1-35-31-17-15-25(20-36(31)33-32(35)27-8-4-5-9-30(27)37-33)22-12-10-21(11-13-22)23-14-16-29-28(18-23)26-7-3-2-6-24(26)19-34-29/h2-20,31H,1H3. The van der Waals surface area contributed by atoms with Crippen LogP contribution < -0.4 is 9.80 Å². The number of furan rings is 1. The SMILES string of the molecule is CN1c2c(oc3ccccc23)N2C=C(c3ccc(-c4ccc5ncc6ccccc6c5c4)cc3)C=CC12. The topological polar surface area (TPSA) is 32.5 Å². The molecule has 6 aromatic rings. The molecule has 2 aliphatic rings. The molecular formula is C33H23N3O. The van der Waals surface area contributed by atoms with E-state index in [2.05, 4.69) is 119 Å². The third-order valence-corrected chi connectivity index (χ3v) is 7.69. The van der Waals surface area contributed by atoms with E-state index >= 15 is 0 Å². The van der Waals surface area contributed by atoms with E-state index in [0.717, 1.165) is 33.4 Å². The number of allylic oxidation sites excluding steroid dienone is 2. The lowest BCUT2D eigenvalue weighted by Crippen LogP contribution is -2.38. The van der Waals surface area contributed by atoms with Gasteiger partial charge in [0.05, 0.1) is 5.52 Å². The Hall–Kier alpha value is -4.83. The molecule has 0 radical (unpaired) electrons. The fraction of sp³-hybridized carbons (Fsp3) is 0.0606. The number of aromatic nitrogens is 1. The third-order valence-electron chi connectivity index (χ3n) is 7.69. The number of nitrogens with zero attached hydrogens (tertiary/aromatic N) is 3. The third kappa shape index (κ3) is 2.99. The van der Waals surface area contributed by atoms with Crippen molar-refractivity contribution in [2.45, 2.75) is 6.17 Å². The lowest BCUT2D eigenvalue weighted by molar-refractivity contribution is 0.604. The summed E-state index contributed by atoms with van der Waals surface area (Å²) in [5, 5.41) is 4.74. The molecule has 0 saturated heterocycles. The molecule has 1 unspecified atom stereocenters. The number of fused-ring (bicyclic) bond motifs is 8. The van der Waals surface area contributed by atoms with Gasteiger partial charge in [0.25, 0.3) is 0 Å². The fourth-order valence-electron chi connectivity index (χ4n) is 5.78. The average molecular weight is 478 g/mol. The highest BCUT2D eigenvalue weighted by Gasteiger charge is 2.37. The van der Waals surface area contributed by atoms with Gasteiger partial charge in [0.1, 0.15) is 17.4 Å². The van der Waals surface area contributed by atoms with Gasteiger partial charge >= 0.3 is 0 Å². The van der Waals surface area contributed by atoms with E-state index in [4.69, 9.17) is 4.42 Å². The summed E-state index contributed by atoms with van der Waals surface area (Å²) in [6, 6.07) is 32.0. The van der Waals surface area contributed by atoms with E-state index in [1.54, 1.807) is 0 Å². The van der Waals surface area contributed by atoms with Crippen LogP contribution >= 0.6 is 0 Å². The molecule has 4 heteroatoms. The second kappa shape index (κ2) is 7.58. The second-order valence-corrected chi connectivity index (χ2v) is 9.78. The summed E-state index contributed by atoms with van der Waals surface area (Å²) < 4.78 is 6.28. The quantitative estimate of drug-likeness (QED) is 0.237. The van der Waals surface area contributed by atoms with Gasteiger partial charge in [0.15, 0.2) is 0 Å². The summed E-state index contributed by atoms with van der Waals surface area (Å²) in [4.78, 5) is 9.17. The molecule has 0 amide bonds. The Kier molecular flexibility index (Phi) is 4.17. The maximum Gasteiger partial charge on any atom is 0.226 e. The zero-order valence-corrected chi connectivity index (χ0v) is 20.3. The van der Waals surface area contributed by atoms with Gasteiger partial charge in [0.2, 0.25) is 5.88 Å². The monoisotopic (exact) mass is 477 g/mol. The number of pyridine rings is 1. The van der Waals surface area contributed by atoms with Gasteiger partial charge in [-0.15, -0.1) is 0 Å². The van der Waals surface area contributed by atoms with Crippen LogP contribution in [-0.2, 0) is 0 Å². The van der Waals surface area contributed by atoms with Crippen LogP contribution in [0.3, 0.4) is 0 Å². The minimum atomic E-state index is 0.127. The molecule has 2 aromatic heterocycles. The number of likely N-dealkylation sites (N-methyl/N-ethyl adjacent to an activating group) is 1. The van der Waals surface area contributed by atoms with Gasteiger partial charge in [-0.1, -0.05) is 72.8 Å². The molecule has 4 heterocycles. The van der Waals surface area contributed by atoms with Crippen molar-refractivity contribution in [3.8, 4) is 11.1 Å². The first-order valence-corrected chi connectivity index (χ1v) is 12.6. The summed E-state index contributed by atoms with van der Waals surface area (Å²) in [6.45, 7) is 0. The normalized spacial score (nSPS) is 16.5. The number of para-hydroxylation sites is 1. The number of hydrogen-bond donors (Lipinski definition) is 0. The van der Waals surface area contributed by atoms with E-state index in [1.807, 2.05) is 18.3 Å². The first-order valence-electron chi connectivity index (χ1n) is 12.6. The van der Waals surface area contributed by atoms with Crippen LogP contribution in [0.1, 0.15) is 5.56 Å². The highest BCUT2D eigenvalue weighted by Crippen LogP contribution is 2.48. The minimum absolute atomic E-state index is 0.127. The van der Waals surface area contributed by atoms with Gasteiger partial charge in [-0.3, -0.25) is 9.88 Å². The molecule has 0 saturated carbocycles. The fourth-order valence-corrected chi connectivity index (χ4v) is 5.78. The van der Waals surface area contributed by atoms with Crippen molar-refractivity contribution in [2.24, 2.45) is 0 Å². The van der Waals surface area contributed by atoms with Crippen molar-refractivity contribution in [1.29, 1.82) is 0 Å². The lowest BCUT2D eigenvalue weighted by atomic mass is 9.97. The summed E-state index contributed by atoms with van der Waals surface area (Å²) in [6.07, 6.45) is 8.75. The summed E-state index contributed by atoms with van der Waals surface area (Å²) in [5.41, 5.74) is 7.82. The van der Waals surface area contributed by atoms with Gasteiger partial charge in [-0.05, 0) is 58.0 Å². The molecule has 4 aromatic carbocycles. The molecular weight excluding hydrogens is 454 g/mol. The smallest absolute Gasteiger partial charge is 0.226 e. The number of hydrogen-bond acceptors (Lipinski definition) is 4. The van der Waals surface area contributed by atoms with Crippen molar-refractivity contribution >= 4 is 49.8 Å². The van der Waals surface area contributed by atoms with E-state index < -0.39 is 0 Å². The zero-order chi connectivity index (χ0) is 24.5. The summed E-state index contributed by atoms with van der Waals surface area (Å²) in [7, 11) is 2.13. The lowest BCUT2D eigenvalue weighted by Gasteiger charge is -2.29. The predicted octanol–water partition coefficient (Wildman–Crippen LogP) is 7.99. The Morgan fingerprint density at radius 1 is 0.757 bits per heavy atom. The summed E-state index contributed by atoms with van der Waals surface area (Å²) in [5.74, 6) is 0.907. The zero-order valence-electron chi connectivity index (χ0n) is 20.3. The molecule has 0 aliphatic carbocycles. The van der Waals surface area contributed by atoms with Crippen molar-refractivity contribution in [2.75, 3.05) is 16.8 Å². The molecule has 4 nitrogen and oxygen atoms in total. The highest BCUT2D eigenvalue weighted by atomic mass is 16.4. The molecule has 1 atom stereocenters. The van der Waals surface area contributed by atoms with Crippen LogP contribution in [0.15, 0.2) is 120 Å². The minimum Gasteiger partial charge on any atom is -0.438 e. The molecule has 37 heavy (non-hydrogen) atoms. The van der Waals surface area contributed by atoms with Crippen LogP contribution in [0.4, 0.5) is 11.6 Å². The molecule has 0 N–H and O–H groups in total. The van der Waals surface area contributed by atoms with E-state index in [-0.39, 0.29) is 6.17 Å². The van der Waals surface area contributed by atoms with Crippen LogP contribution in [0.25, 0.3) is 49.3 Å².